The van der Waals surface area contributed by atoms with Crippen molar-refractivity contribution in [3.05, 3.63) is 59.6 Å². The van der Waals surface area contributed by atoms with Crippen molar-refractivity contribution < 1.29 is 9.59 Å². The molecule has 1 saturated heterocycles. The van der Waals surface area contributed by atoms with Crippen LogP contribution in [0.1, 0.15) is 6.42 Å². The fraction of sp³-hybridized carbons (Fsp3) is 0.125. The van der Waals surface area contributed by atoms with Crippen molar-refractivity contribution in [1.82, 2.24) is 0 Å². The maximum Gasteiger partial charge on any atom is 0.247 e. The summed E-state index contributed by atoms with van der Waals surface area (Å²) in [5.74, 6) is -0.413. The number of hydrogen-bond acceptors (Lipinski definition) is 3. The average molecular weight is 318 g/mol. The molecule has 3 nitrogen and oxygen atoms in total. The van der Waals surface area contributed by atoms with Crippen molar-refractivity contribution in [2.24, 2.45) is 0 Å². The van der Waals surface area contributed by atoms with Crippen molar-refractivity contribution in [3.8, 4) is 0 Å². The van der Waals surface area contributed by atoms with E-state index in [0.717, 1.165) is 4.90 Å². The second kappa shape index (κ2) is 5.92. The lowest BCUT2D eigenvalue weighted by atomic mass is 10.3. The molecular weight excluding hydrogens is 306 g/mol. The standard InChI is InChI=1S/C16H12ClNO2S/c17-12-8-4-5-9-13(12)18-15(19)10-14(16(18)20)21-11-6-2-1-3-7-11/h1-9,14H,10H2. The molecule has 2 aromatic rings. The van der Waals surface area contributed by atoms with Gasteiger partial charge in [-0.2, -0.15) is 0 Å². The average Bonchev–Trinajstić information content (AvgIpc) is 2.76. The minimum Gasteiger partial charge on any atom is -0.274 e. The monoisotopic (exact) mass is 317 g/mol. The highest BCUT2D eigenvalue weighted by atomic mass is 35.5. The van der Waals surface area contributed by atoms with Crippen LogP contribution in [-0.2, 0) is 9.59 Å². The Kier molecular flexibility index (Phi) is 3.99. The molecule has 2 aromatic carbocycles. The van der Waals surface area contributed by atoms with E-state index >= 15 is 0 Å². The van der Waals surface area contributed by atoms with Crippen LogP contribution in [0.2, 0.25) is 5.02 Å². The molecule has 2 amide bonds. The van der Waals surface area contributed by atoms with E-state index in [4.69, 9.17) is 11.6 Å². The first kappa shape index (κ1) is 14.2. The number of halogens is 1. The Morgan fingerprint density at radius 1 is 1.00 bits per heavy atom. The number of amides is 2. The Morgan fingerprint density at radius 3 is 2.38 bits per heavy atom. The van der Waals surface area contributed by atoms with Gasteiger partial charge in [0.2, 0.25) is 11.8 Å². The quantitative estimate of drug-likeness (QED) is 0.809. The first-order valence-electron chi connectivity index (χ1n) is 6.50. The second-order valence-corrected chi connectivity index (χ2v) is 6.33. The van der Waals surface area contributed by atoms with E-state index < -0.39 is 5.25 Å². The van der Waals surface area contributed by atoms with Crippen LogP contribution in [0.25, 0.3) is 0 Å². The first-order valence-corrected chi connectivity index (χ1v) is 7.75. The summed E-state index contributed by atoms with van der Waals surface area (Å²) in [6.45, 7) is 0. The minimum atomic E-state index is -0.392. The van der Waals surface area contributed by atoms with Gasteiger partial charge in [-0.05, 0) is 24.3 Å². The number of hydrogen-bond donors (Lipinski definition) is 0. The van der Waals surface area contributed by atoms with Crippen LogP contribution in [0.5, 0.6) is 0 Å². The van der Waals surface area contributed by atoms with Crippen molar-refractivity contribution in [2.45, 2.75) is 16.6 Å². The van der Waals surface area contributed by atoms with Crippen LogP contribution < -0.4 is 4.90 Å². The molecule has 0 saturated carbocycles. The molecular formula is C16H12ClNO2S. The van der Waals surface area contributed by atoms with Gasteiger partial charge in [-0.25, -0.2) is 4.90 Å². The summed E-state index contributed by atoms with van der Waals surface area (Å²) >= 11 is 7.50. The zero-order valence-corrected chi connectivity index (χ0v) is 12.6. The van der Waals surface area contributed by atoms with Gasteiger partial charge in [0.1, 0.15) is 0 Å². The number of para-hydroxylation sites is 1. The van der Waals surface area contributed by atoms with E-state index in [0.29, 0.717) is 10.7 Å². The molecule has 1 unspecified atom stereocenters. The SMILES string of the molecule is O=C1CC(Sc2ccccc2)C(=O)N1c1ccccc1Cl. The highest BCUT2D eigenvalue weighted by Gasteiger charge is 2.40. The molecule has 1 heterocycles. The Hall–Kier alpha value is -1.78. The van der Waals surface area contributed by atoms with Crippen molar-refractivity contribution in [1.29, 1.82) is 0 Å². The molecule has 0 N–H and O–H groups in total. The highest BCUT2D eigenvalue weighted by Crippen LogP contribution is 2.36. The second-order valence-electron chi connectivity index (χ2n) is 4.64. The smallest absolute Gasteiger partial charge is 0.247 e. The van der Waals surface area contributed by atoms with E-state index in [1.807, 2.05) is 30.3 Å². The molecule has 106 valence electrons. The normalized spacial score (nSPS) is 18.3. The third kappa shape index (κ3) is 2.82. The predicted molar refractivity (Wildman–Crippen MR) is 84.6 cm³/mol. The van der Waals surface area contributed by atoms with Crippen molar-refractivity contribution >= 4 is 40.9 Å². The lowest BCUT2D eigenvalue weighted by Gasteiger charge is -2.16. The first-order chi connectivity index (χ1) is 10.2. The molecule has 1 aliphatic rings. The van der Waals surface area contributed by atoms with E-state index in [9.17, 15) is 9.59 Å². The number of benzene rings is 2. The van der Waals surface area contributed by atoms with Crippen LogP contribution in [0, 0.1) is 0 Å². The van der Waals surface area contributed by atoms with Crippen LogP contribution in [0.3, 0.4) is 0 Å². The van der Waals surface area contributed by atoms with Gasteiger partial charge in [-0.1, -0.05) is 41.9 Å². The Balaban J connectivity index is 1.84. The van der Waals surface area contributed by atoms with Gasteiger partial charge in [0.05, 0.1) is 16.0 Å². The van der Waals surface area contributed by atoms with E-state index in [2.05, 4.69) is 0 Å². The van der Waals surface area contributed by atoms with Crippen LogP contribution in [0.15, 0.2) is 59.5 Å². The Labute approximate surface area is 131 Å². The molecule has 0 spiro atoms. The zero-order chi connectivity index (χ0) is 14.8. The van der Waals surface area contributed by atoms with Crippen molar-refractivity contribution in [2.75, 3.05) is 4.90 Å². The van der Waals surface area contributed by atoms with Gasteiger partial charge in [0.25, 0.3) is 0 Å². The van der Waals surface area contributed by atoms with Gasteiger partial charge in [-0.15, -0.1) is 11.8 Å². The zero-order valence-electron chi connectivity index (χ0n) is 11.0. The molecule has 1 fully saturated rings. The molecule has 0 aliphatic carbocycles. The van der Waals surface area contributed by atoms with Crippen molar-refractivity contribution in [3.63, 3.8) is 0 Å². The largest absolute Gasteiger partial charge is 0.274 e. The maximum atomic E-state index is 12.5. The van der Waals surface area contributed by atoms with Gasteiger partial charge in [-0.3, -0.25) is 9.59 Å². The Bertz CT molecular complexity index is 690. The molecule has 1 atom stereocenters. The fourth-order valence-corrected chi connectivity index (χ4v) is 3.54. The van der Waals surface area contributed by atoms with E-state index in [1.54, 1.807) is 24.3 Å². The van der Waals surface area contributed by atoms with Gasteiger partial charge in [0.15, 0.2) is 0 Å². The van der Waals surface area contributed by atoms with Gasteiger partial charge >= 0.3 is 0 Å². The number of carbonyl (C=O) groups is 2. The molecule has 21 heavy (non-hydrogen) atoms. The topological polar surface area (TPSA) is 37.4 Å². The van der Waals surface area contributed by atoms with Gasteiger partial charge in [0, 0.05) is 11.3 Å². The number of imide groups is 1. The Morgan fingerprint density at radius 2 is 1.67 bits per heavy atom. The number of anilines is 1. The number of rotatable bonds is 3. The summed E-state index contributed by atoms with van der Waals surface area (Å²) in [7, 11) is 0. The summed E-state index contributed by atoms with van der Waals surface area (Å²) < 4.78 is 0. The lowest BCUT2D eigenvalue weighted by molar-refractivity contribution is -0.121. The lowest BCUT2D eigenvalue weighted by Crippen LogP contribution is -2.31. The molecule has 0 bridgehead atoms. The third-order valence-corrected chi connectivity index (χ3v) is 4.74. The summed E-state index contributed by atoms with van der Waals surface area (Å²) in [4.78, 5) is 26.8. The number of nitrogens with zero attached hydrogens (tertiary/aromatic N) is 1. The van der Waals surface area contributed by atoms with Crippen LogP contribution in [0.4, 0.5) is 5.69 Å². The van der Waals surface area contributed by atoms with Crippen LogP contribution in [-0.4, -0.2) is 17.1 Å². The molecule has 0 radical (unpaired) electrons. The maximum absolute atomic E-state index is 12.5. The minimum absolute atomic E-state index is 0.198. The molecule has 3 rings (SSSR count). The highest BCUT2D eigenvalue weighted by molar-refractivity contribution is 8.00. The molecule has 1 aliphatic heterocycles. The molecule has 0 aromatic heterocycles. The van der Waals surface area contributed by atoms with Gasteiger partial charge < -0.3 is 0 Å². The number of thioether (sulfide) groups is 1. The summed E-state index contributed by atoms with van der Waals surface area (Å²) in [5.41, 5.74) is 0.463. The van der Waals surface area contributed by atoms with Crippen LogP contribution >= 0.6 is 23.4 Å². The summed E-state index contributed by atoms with van der Waals surface area (Å²) in [6, 6.07) is 16.5. The fourth-order valence-electron chi connectivity index (χ4n) is 2.25. The molecule has 5 heteroatoms. The summed E-state index contributed by atoms with van der Waals surface area (Å²) in [5, 5.41) is 0.0146. The summed E-state index contributed by atoms with van der Waals surface area (Å²) in [6.07, 6.45) is 0.198. The van der Waals surface area contributed by atoms with E-state index in [1.165, 1.54) is 16.7 Å². The number of carbonyl (C=O) groups excluding carboxylic acids is 2. The predicted octanol–water partition coefficient (Wildman–Crippen LogP) is 3.76. The van der Waals surface area contributed by atoms with E-state index in [-0.39, 0.29) is 18.2 Å². The third-order valence-electron chi connectivity index (χ3n) is 3.22.